The van der Waals surface area contributed by atoms with Gasteiger partial charge in [0.15, 0.2) is 10.7 Å². The Morgan fingerprint density at radius 2 is 1.74 bits per heavy atom. The Hall–Kier alpha value is -3.43. The molecule has 3 aromatic rings. The molecular weight excluding hydrogens is 514 g/mol. The highest BCUT2D eigenvalue weighted by atomic mass is 32.2. The molecule has 2 aliphatic heterocycles. The second-order valence-electron chi connectivity index (χ2n) is 10.6. The third-order valence-corrected chi connectivity index (χ3v) is 9.57. The lowest BCUT2D eigenvalue weighted by Crippen LogP contribution is -2.48. The van der Waals surface area contributed by atoms with Gasteiger partial charge in [-0.3, -0.25) is 4.79 Å². The van der Waals surface area contributed by atoms with E-state index >= 15 is 0 Å². The highest BCUT2D eigenvalue weighted by Crippen LogP contribution is 2.35. The first-order valence-electron chi connectivity index (χ1n) is 13.3. The summed E-state index contributed by atoms with van der Waals surface area (Å²) in [5.41, 5.74) is 6.47. The maximum absolute atomic E-state index is 13.9. The van der Waals surface area contributed by atoms with Gasteiger partial charge in [0.25, 0.3) is 0 Å². The third kappa shape index (κ3) is 5.25. The van der Waals surface area contributed by atoms with E-state index in [1.807, 2.05) is 52.0 Å². The van der Waals surface area contributed by atoms with E-state index in [0.29, 0.717) is 44.0 Å². The lowest BCUT2D eigenvalue weighted by Gasteiger charge is -2.36. The Bertz CT molecular complexity index is 1530. The number of sulfonamides is 1. The highest BCUT2D eigenvalue weighted by Gasteiger charge is 2.39. The van der Waals surface area contributed by atoms with E-state index in [4.69, 9.17) is 9.26 Å². The summed E-state index contributed by atoms with van der Waals surface area (Å²) < 4.78 is 40.5. The third-order valence-electron chi connectivity index (χ3n) is 7.55. The minimum absolute atomic E-state index is 0.0570. The summed E-state index contributed by atoms with van der Waals surface area (Å²) in [6.45, 7) is 11.0. The Morgan fingerprint density at radius 1 is 1.00 bits per heavy atom. The average Bonchev–Trinajstić information content (AvgIpc) is 3.28. The first kappa shape index (κ1) is 27.1. The summed E-state index contributed by atoms with van der Waals surface area (Å²) in [5.74, 6) is 0.350. The predicted octanol–water partition coefficient (Wildman–Crippen LogP) is 5.21. The van der Waals surface area contributed by atoms with Crippen LogP contribution in [0.15, 0.2) is 39.8 Å². The molecule has 1 saturated heterocycles. The molecule has 1 unspecified atom stereocenters. The van der Waals surface area contributed by atoms with Gasteiger partial charge in [0, 0.05) is 13.1 Å². The number of ether oxygens (including phenoxy) is 1. The van der Waals surface area contributed by atoms with Crippen LogP contribution in [-0.4, -0.2) is 50.0 Å². The zero-order valence-corrected chi connectivity index (χ0v) is 24.0. The summed E-state index contributed by atoms with van der Waals surface area (Å²) >= 11 is 0. The van der Waals surface area contributed by atoms with Gasteiger partial charge >= 0.3 is 0 Å². The maximum Gasteiger partial charge on any atom is 0.248 e. The molecule has 39 heavy (non-hydrogen) atoms. The van der Waals surface area contributed by atoms with Gasteiger partial charge in [-0.15, -0.1) is 0 Å². The van der Waals surface area contributed by atoms with Crippen LogP contribution in [0, 0.1) is 40.5 Å². The van der Waals surface area contributed by atoms with Crippen molar-refractivity contribution in [2.45, 2.75) is 52.4 Å². The zero-order chi connectivity index (χ0) is 27.9. The molecule has 206 valence electrons. The van der Waals surface area contributed by atoms with Crippen LogP contribution in [0.4, 0.5) is 5.69 Å². The second kappa shape index (κ2) is 10.6. The Kier molecular flexibility index (Phi) is 7.39. The Balaban J connectivity index is 1.40. The molecule has 0 aliphatic carbocycles. The number of nitrogens with zero attached hydrogens (tertiary/aromatic N) is 3. The zero-order valence-electron chi connectivity index (χ0n) is 23.2. The van der Waals surface area contributed by atoms with Crippen LogP contribution in [0.3, 0.4) is 0 Å². The van der Waals surface area contributed by atoms with Crippen molar-refractivity contribution in [1.82, 2.24) is 9.46 Å². The number of anilines is 1. The van der Waals surface area contributed by atoms with E-state index in [1.165, 1.54) is 9.87 Å². The summed E-state index contributed by atoms with van der Waals surface area (Å²) in [6, 6.07) is 9.96. The van der Waals surface area contributed by atoms with Crippen molar-refractivity contribution in [3.63, 3.8) is 0 Å². The van der Waals surface area contributed by atoms with Crippen LogP contribution in [0.5, 0.6) is 5.75 Å². The number of amides is 1. The van der Waals surface area contributed by atoms with Gasteiger partial charge in [-0.1, -0.05) is 35.0 Å². The fraction of sp³-hybridized carbons (Fsp3) is 0.400. The Morgan fingerprint density at radius 3 is 2.49 bits per heavy atom. The van der Waals surface area contributed by atoms with Crippen LogP contribution in [0.25, 0.3) is 12.2 Å². The molecule has 0 spiro atoms. The molecule has 2 aromatic carbocycles. The number of carbonyl (C=O) groups excluding carboxylic acids is 1. The van der Waals surface area contributed by atoms with Crippen molar-refractivity contribution in [2.24, 2.45) is 5.92 Å². The van der Waals surface area contributed by atoms with Crippen LogP contribution in [-0.2, 0) is 14.8 Å². The van der Waals surface area contributed by atoms with Gasteiger partial charge in [0.05, 0.1) is 18.2 Å². The van der Waals surface area contributed by atoms with Gasteiger partial charge in [-0.05, 0) is 87.9 Å². The van der Waals surface area contributed by atoms with E-state index < -0.39 is 15.9 Å². The van der Waals surface area contributed by atoms with Crippen LogP contribution >= 0.6 is 0 Å². The number of fused-ring (bicyclic) bond motifs is 1. The average molecular weight is 550 g/mol. The fourth-order valence-electron chi connectivity index (χ4n) is 5.68. The van der Waals surface area contributed by atoms with Crippen molar-refractivity contribution >= 4 is 33.8 Å². The Labute approximate surface area is 230 Å². The van der Waals surface area contributed by atoms with Crippen molar-refractivity contribution in [3.05, 3.63) is 69.6 Å². The summed E-state index contributed by atoms with van der Waals surface area (Å²) in [7, 11) is -3.95. The molecule has 0 radical (unpaired) electrons. The lowest BCUT2D eigenvalue weighted by molar-refractivity contribution is -0.123. The largest absolute Gasteiger partial charge is 0.490 e. The second-order valence-corrected chi connectivity index (χ2v) is 12.5. The quantitative estimate of drug-likeness (QED) is 0.434. The molecule has 5 rings (SSSR count). The molecular formula is C30H35N3O5S. The minimum atomic E-state index is -3.95. The molecule has 1 fully saturated rings. The number of aromatic nitrogens is 1. The smallest absolute Gasteiger partial charge is 0.248 e. The van der Waals surface area contributed by atoms with Crippen LogP contribution < -0.4 is 9.64 Å². The van der Waals surface area contributed by atoms with Crippen molar-refractivity contribution < 1.29 is 22.5 Å². The van der Waals surface area contributed by atoms with E-state index in [-0.39, 0.29) is 23.1 Å². The van der Waals surface area contributed by atoms with Crippen molar-refractivity contribution in [3.8, 4) is 5.75 Å². The van der Waals surface area contributed by atoms with Gasteiger partial charge < -0.3 is 14.2 Å². The monoisotopic (exact) mass is 549 g/mol. The molecule has 8 nitrogen and oxygen atoms in total. The number of aryl methyl sites for hydroxylation is 5. The molecule has 2 aliphatic rings. The summed E-state index contributed by atoms with van der Waals surface area (Å²) in [4.78, 5) is 15.5. The van der Waals surface area contributed by atoms with Gasteiger partial charge in [-0.25, -0.2) is 8.42 Å². The molecule has 0 bridgehead atoms. The van der Waals surface area contributed by atoms with E-state index in [1.54, 1.807) is 17.9 Å². The number of rotatable bonds is 5. The van der Waals surface area contributed by atoms with Crippen molar-refractivity contribution in [2.75, 3.05) is 31.1 Å². The molecule has 0 N–H and O–H groups in total. The predicted molar refractivity (Wildman–Crippen MR) is 151 cm³/mol. The maximum atomic E-state index is 13.9. The number of hydrogen-bond donors (Lipinski definition) is 0. The first-order chi connectivity index (χ1) is 18.6. The van der Waals surface area contributed by atoms with E-state index in [2.05, 4.69) is 17.3 Å². The summed E-state index contributed by atoms with van der Waals surface area (Å²) in [6.07, 6.45) is 4.78. The van der Waals surface area contributed by atoms with Crippen molar-refractivity contribution in [1.29, 1.82) is 0 Å². The van der Waals surface area contributed by atoms with Gasteiger partial charge in [-0.2, -0.15) is 4.31 Å². The normalized spacial score (nSPS) is 18.3. The topological polar surface area (TPSA) is 93.0 Å². The number of piperidine rings is 1. The van der Waals surface area contributed by atoms with Crippen LogP contribution in [0.1, 0.15) is 52.1 Å². The molecule has 1 amide bonds. The van der Waals surface area contributed by atoms with E-state index in [0.717, 1.165) is 27.9 Å². The molecule has 0 saturated carbocycles. The number of hydrogen-bond acceptors (Lipinski definition) is 6. The molecule has 9 heteroatoms. The van der Waals surface area contributed by atoms with Gasteiger partial charge in [0.1, 0.15) is 18.1 Å². The number of carbonyl (C=O) groups is 1. The van der Waals surface area contributed by atoms with Gasteiger partial charge in [0.2, 0.25) is 15.9 Å². The molecule has 1 aromatic heterocycles. The van der Waals surface area contributed by atoms with E-state index in [9.17, 15) is 13.2 Å². The SMILES string of the molecule is Cc1cc(C)c(/C=C/c2onc(C)c2S(=O)(=O)N2CCCC(C(=O)N3CCOc4ccc(C)cc43)C2)c(C)c1. The lowest BCUT2D eigenvalue weighted by atomic mass is 9.97. The van der Waals surface area contributed by atoms with Crippen LogP contribution in [0.2, 0.25) is 0 Å². The highest BCUT2D eigenvalue weighted by molar-refractivity contribution is 7.89. The molecule has 1 atom stereocenters. The minimum Gasteiger partial charge on any atom is -0.490 e. The first-order valence-corrected chi connectivity index (χ1v) is 14.8. The standard InChI is InChI=1S/C30H35N3O5S/c1-19-8-10-27-26(17-19)33(13-14-37-27)30(34)24-7-6-12-32(18-24)39(35,36)29-23(5)31-38-28(29)11-9-25-21(3)15-20(2)16-22(25)4/h8-11,15-17,24H,6-7,12-14,18H2,1-5H3/b11-9+. The molecule has 3 heterocycles. The number of benzene rings is 2. The summed E-state index contributed by atoms with van der Waals surface area (Å²) in [5, 5.41) is 3.99. The fourth-order valence-corrected chi connectivity index (χ4v) is 7.45.